The topological polar surface area (TPSA) is 95.9 Å². The lowest BCUT2D eigenvalue weighted by Crippen LogP contribution is -2.50. The Bertz CT molecular complexity index is 432. The number of esters is 1. The maximum absolute atomic E-state index is 12.3. The number of carbonyl (C=O) groups excluding carboxylic acids is 2. The fourth-order valence-electron chi connectivity index (χ4n) is 3.27. The van der Waals surface area contributed by atoms with Crippen molar-refractivity contribution in [1.82, 2.24) is 10.2 Å². The van der Waals surface area contributed by atoms with Crippen molar-refractivity contribution in [2.24, 2.45) is 11.8 Å². The molecule has 1 heterocycles. The van der Waals surface area contributed by atoms with Crippen molar-refractivity contribution >= 4 is 18.0 Å². The number of hydrogen-bond acceptors (Lipinski definition) is 4. The van der Waals surface area contributed by atoms with Crippen molar-refractivity contribution in [1.29, 1.82) is 0 Å². The number of nitrogens with one attached hydrogen (secondary N) is 1. The van der Waals surface area contributed by atoms with Gasteiger partial charge in [-0.15, -0.1) is 0 Å². The van der Waals surface area contributed by atoms with Crippen molar-refractivity contribution in [3.05, 3.63) is 0 Å². The molecule has 1 aliphatic heterocycles. The van der Waals surface area contributed by atoms with Crippen LogP contribution in [0.2, 0.25) is 0 Å². The van der Waals surface area contributed by atoms with Gasteiger partial charge in [0, 0.05) is 19.1 Å². The molecule has 2 fully saturated rings. The van der Waals surface area contributed by atoms with Gasteiger partial charge in [0.1, 0.15) is 0 Å². The lowest BCUT2D eigenvalue weighted by Gasteiger charge is -2.34. The molecule has 0 spiro atoms. The molecule has 7 heteroatoms. The Morgan fingerprint density at radius 2 is 1.77 bits per heavy atom. The van der Waals surface area contributed by atoms with E-state index in [9.17, 15) is 14.4 Å². The maximum Gasteiger partial charge on any atom is 0.317 e. The Kier molecular flexibility index (Phi) is 5.63. The first-order valence-electron chi connectivity index (χ1n) is 7.87. The number of hydrogen-bond donors (Lipinski definition) is 2. The monoisotopic (exact) mass is 312 g/mol. The van der Waals surface area contributed by atoms with Gasteiger partial charge in [-0.3, -0.25) is 9.59 Å². The fourth-order valence-corrected chi connectivity index (χ4v) is 3.27. The van der Waals surface area contributed by atoms with Gasteiger partial charge in [-0.2, -0.15) is 0 Å². The van der Waals surface area contributed by atoms with Gasteiger partial charge in [0.2, 0.25) is 0 Å². The highest BCUT2D eigenvalue weighted by Gasteiger charge is 2.31. The lowest BCUT2D eigenvalue weighted by molar-refractivity contribution is -0.147. The zero-order chi connectivity index (χ0) is 16.1. The van der Waals surface area contributed by atoms with Crippen LogP contribution in [0.3, 0.4) is 0 Å². The number of carboxylic acids is 1. The Morgan fingerprint density at radius 3 is 2.36 bits per heavy atom. The number of piperidine rings is 1. The summed E-state index contributed by atoms with van der Waals surface area (Å²) in [6.45, 7) is 1.03. The predicted octanol–water partition coefficient (Wildman–Crippen LogP) is 1.22. The van der Waals surface area contributed by atoms with Crippen molar-refractivity contribution in [2.45, 2.75) is 44.6 Å². The molecule has 1 aliphatic carbocycles. The molecule has 2 aliphatic rings. The molecular weight excluding hydrogens is 288 g/mol. The molecule has 2 N–H and O–H groups in total. The average Bonchev–Trinajstić information content (AvgIpc) is 2.54. The van der Waals surface area contributed by atoms with Gasteiger partial charge >= 0.3 is 18.0 Å². The number of carbonyl (C=O) groups is 3. The van der Waals surface area contributed by atoms with Crippen molar-refractivity contribution in [3.8, 4) is 0 Å². The molecule has 0 radical (unpaired) electrons. The molecule has 2 amide bonds. The minimum Gasteiger partial charge on any atom is -0.481 e. The van der Waals surface area contributed by atoms with E-state index in [1.165, 1.54) is 7.11 Å². The van der Waals surface area contributed by atoms with E-state index >= 15 is 0 Å². The molecule has 0 aromatic heterocycles. The quantitative estimate of drug-likeness (QED) is 0.764. The Hall–Kier alpha value is -1.79. The highest BCUT2D eigenvalue weighted by atomic mass is 16.5. The number of amides is 2. The summed E-state index contributed by atoms with van der Waals surface area (Å²) in [5, 5.41) is 11.9. The van der Waals surface area contributed by atoms with E-state index < -0.39 is 5.97 Å². The van der Waals surface area contributed by atoms with Crippen LogP contribution in [-0.2, 0) is 14.3 Å². The van der Waals surface area contributed by atoms with Crippen LogP contribution in [0.25, 0.3) is 0 Å². The molecular formula is C15H24N2O5. The molecule has 1 atom stereocenters. The molecule has 0 bridgehead atoms. The second kappa shape index (κ2) is 7.47. The third-order valence-corrected chi connectivity index (χ3v) is 4.65. The van der Waals surface area contributed by atoms with E-state index in [1.807, 2.05) is 0 Å². The van der Waals surface area contributed by atoms with E-state index in [0.29, 0.717) is 38.8 Å². The van der Waals surface area contributed by atoms with Crippen LogP contribution in [-0.4, -0.2) is 54.2 Å². The van der Waals surface area contributed by atoms with Crippen LogP contribution in [0.5, 0.6) is 0 Å². The number of likely N-dealkylation sites (tertiary alicyclic amines) is 1. The second-order valence-corrected chi connectivity index (χ2v) is 6.14. The summed E-state index contributed by atoms with van der Waals surface area (Å²) in [6, 6.07) is -0.131. The summed E-state index contributed by atoms with van der Waals surface area (Å²) in [4.78, 5) is 36.5. The van der Waals surface area contributed by atoms with Gasteiger partial charge in [-0.1, -0.05) is 0 Å². The summed E-state index contributed by atoms with van der Waals surface area (Å²) in [7, 11) is 1.36. The van der Waals surface area contributed by atoms with Crippen LogP contribution in [0.15, 0.2) is 0 Å². The summed E-state index contributed by atoms with van der Waals surface area (Å²) >= 11 is 0. The minimum atomic E-state index is -0.748. The highest BCUT2D eigenvalue weighted by Crippen LogP contribution is 2.25. The van der Waals surface area contributed by atoms with E-state index in [1.54, 1.807) is 4.90 Å². The third kappa shape index (κ3) is 4.11. The smallest absolute Gasteiger partial charge is 0.317 e. The van der Waals surface area contributed by atoms with Crippen molar-refractivity contribution < 1.29 is 24.2 Å². The van der Waals surface area contributed by atoms with Crippen LogP contribution >= 0.6 is 0 Å². The van der Waals surface area contributed by atoms with Crippen LogP contribution in [0, 0.1) is 11.8 Å². The zero-order valence-electron chi connectivity index (χ0n) is 12.9. The van der Waals surface area contributed by atoms with E-state index in [-0.39, 0.29) is 29.9 Å². The van der Waals surface area contributed by atoms with Gasteiger partial charge in [0.05, 0.1) is 18.9 Å². The number of methoxy groups -OCH3 is 1. The number of nitrogens with zero attached hydrogens (tertiary/aromatic N) is 1. The third-order valence-electron chi connectivity index (χ3n) is 4.65. The first kappa shape index (κ1) is 16.6. The number of carboxylic acid groups (broad SMARTS) is 1. The van der Waals surface area contributed by atoms with Crippen LogP contribution < -0.4 is 5.32 Å². The summed E-state index contributed by atoms with van der Waals surface area (Å²) in [5.41, 5.74) is 0. The number of urea groups is 1. The summed E-state index contributed by atoms with van der Waals surface area (Å²) < 4.78 is 4.75. The summed E-state index contributed by atoms with van der Waals surface area (Å²) in [5.74, 6) is -1.54. The Morgan fingerprint density at radius 1 is 1.09 bits per heavy atom. The van der Waals surface area contributed by atoms with E-state index in [4.69, 9.17) is 9.84 Å². The molecule has 22 heavy (non-hydrogen) atoms. The highest BCUT2D eigenvalue weighted by molar-refractivity contribution is 5.77. The molecule has 2 rings (SSSR count). The molecule has 0 aromatic carbocycles. The van der Waals surface area contributed by atoms with E-state index in [2.05, 4.69) is 5.32 Å². The Labute approximate surface area is 130 Å². The first-order valence-corrected chi connectivity index (χ1v) is 7.87. The maximum atomic E-state index is 12.3. The standard InChI is InChI=1S/C15H24N2O5/c1-22-14(20)11-3-2-8-17(9-11)15(21)16-12-6-4-10(5-7-12)13(18)19/h10-12H,2-9H2,1H3,(H,16,21)(H,18,19)/t10?,11-,12?/m0/s1. The van der Waals surface area contributed by atoms with Gasteiger partial charge in [-0.05, 0) is 38.5 Å². The fraction of sp³-hybridized carbons (Fsp3) is 0.800. The molecule has 1 saturated carbocycles. The molecule has 124 valence electrons. The normalized spacial score (nSPS) is 28.8. The lowest BCUT2D eigenvalue weighted by atomic mass is 9.86. The summed E-state index contributed by atoms with van der Waals surface area (Å²) in [6.07, 6.45) is 4.13. The van der Waals surface area contributed by atoms with E-state index in [0.717, 1.165) is 12.8 Å². The largest absolute Gasteiger partial charge is 0.481 e. The molecule has 0 aromatic rings. The number of rotatable bonds is 3. The van der Waals surface area contributed by atoms with Crippen molar-refractivity contribution in [3.63, 3.8) is 0 Å². The van der Waals surface area contributed by atoms with Gasteiger partial charge in [-0.25, -0.2) is 4.79 Å². The minimum absolute atomic E-state index is 0.0293. The molecule has 1 saturated heterocycles. The van der Waals surface area contributed by atoms with Crippen LogP contribution in [0.1, 0.15) is 38.5 Å². The van der Waals surface area contributed by atoms with Gasteiger partial charge < -0.3 is 20.1 Å². The van der Waals surface area contributed by atoms with Gasteiger partial charge in [0.15, 0.2) is 0 Å². The second-order valence-electron chi connectivity index (χ2n) is 6.14. The number of ether oxygens (including phenoxy) is 1. The predicted molar refractivity (Wildman–Crippen MR) is 78.2 cm³/mol. The average molecular weight is 312 g/mol. The van der Waals surface area contributed by atoms with Crippen molar-refractivity contribution in [2.75, 3.05) is 20.2 Å². The Balaban J connectivity index is 1.80. The molecule has 7 nitrogen and oxygen atoms in total. The van der Waals surface area contributed by atoms with Gasteiger partial charge in [0.25, 0.3) is 0 Å². The van der Waals surface area contributed by atoms with Crippen LogP contribution in [0.4, 0.5) is 4.79 Å². The zero-order valence-corrected chi connectivity index (χ0v) is 12.9. The number of aliphatic carboxylic acids is 1. The first-order chi connectivity index (χ1) is 10.5. The molecule has 0 unspecified atom stereocenters. The SMILES string of the molecule is COC(=O)[C@H]1CCCN(C(=O)NC2CCC(C(=O)O)CC2)C1.